The van der Waals surface area contributed by atoms with E-state index in [1.807, 2.05) is 13.8 Å². The number of rotatable bonds is 6. The van der Waals surface area contributed by atoms with Gasteiger partial charge in [0, 0.05) is 12.4 Å². The molecule has 1 aromatic carbocycles. The summed E-state index contributed by atoms with van der Waals surface area (Å²) in [7, 11) is -3.63. The van der Waals surface area contributed by atoms with Crippen molar-refractivity contribution >= 4 is 21.6 Å². The average molecular weight is 292 g/mol. The number of aliphatic hydroxyl groups is 1. The molecule has 0 heterocycles. The van der Waals surface area contributed by atoms with Gasteiger partial charge in [-0.2, -0.15) is 0 Å². The number of sulfonamides is 1. The Bertz CT molecular complexity index is 488. The van der Waals surface area contributed by atoms with Crippen molar-refractivity contribution in [3.8, 4) is 0 Å². The van der Waals surface area contributed by atoms with Crippen molar-refractivity contribution in [3.05, 3.63) is 29.8 Å². The Hall–Kier alpha value is -0.620. The smallest absolute Gasteiger partial charge is 0.240 e. The van der Waals surface area contributed by atoms with Crippen molar-refractivity contribution in [2.45, 2.75) is 30.7 Å². The van der Waals surface area contributed by atoms with Gasteiger partial charge < -0.3 is 5.11 Å². The summed E-state index contributed by atoms with van der Waals surface area (Å²) in [5.41, 5.74) is 0.547. The summed E-state index contributed by atoms with van der Waals surface area (Å²) in [6.07, 6.45) is -0.706. The van der Waals surface area contributed by atoms with Gasteiger partial charge in [-0.3, -0.25) is 0 Å². The Morgan fingerprint density at radius 3 is 2.50 bits per heavy atom. The Labute approximate surface area is 113 Å². The molecule has 0 spiro atoms. The highest BCUT2D eigenvalue weighted by Crippen LogP contribution is 2.17. The molecule has 1 rings (SSSR count). The van der Waals surface area contributed by atoms with E-state index >= 15 is 0 Å². The van der Waals surface area contributed by atoms with Crippen LogP contribution in [0.1, 0.15) is 19.4 Å². The molecular weight excluding hydrogens is 274 g/mol. The molecule has 6 heteroatoms. The molecule has 0 aliphatic carbocycles. The number of hydrogen-bond donors (Lipinski definition) is 2. The predicted octanol–water partition coefficient (Wildman–Crippen LogP) is 1.72. The van der Waals surface area contributed by atoms with Gasteiger partial charge in [-0.15, -0.1) is 11.6 Å². The first kappa shape index (κ1) is 15.4. The van der Waals surface area contributed by atoms with Gasteiger partial charge in [0.1, 0.15) is 0 Å². The van der Waals surface area contributed by atoms with Crippen LogP contribution < -0.4 is 4.72 Å². The van der Waals surface area contributed by atoms with Crippen LogP contribution in [0.25, 0.3) is 0 Å². The molecule has 0 radical (unpaired) electrons. The Morgan fingerprint density at radius 1 is 1.33 bits per heavy atom. The molecular formula is C12H18ClNO3S. The summed E-state index contributed by atoms with van der Waals surface area (Å²) < 4.78 is 26.5. The highest BCUT2D eigenvalue weighted by Gasteiger charge is 2.19. The number of alkyl halides is 1. The first-order chi connectivity index (χ1) is 8.38. The summed E-state index contributed by atoms with van der Waals surface area (Å²) in [5, 5.41) is 9.61. The van der Waals surface area contributed by atoms with Crippen molar-refractivity contribution < 1.29 is 13.5 Å². The standard InChI is InChI=1S/C12H18ClNO3S/c1-9(2)11(15)8-14-18(16,17)12-6-4-3-5-10(12)7-13/h3-6,9,11,14-15H,7-8H2,1-2H3. The fourth-order valence-corrected chi connectivity index (χ4v) is 2.99. The van der Waals surface area contributed by atoms with Crippen molar-refractivity contribution in [2.75, 3.05) is 6.54 Å². The van der Waals surface area contributed by atoms with Crippen LogP contribution in [0, 0.1) is 5.92 Å². The van der Waals surface area contributed by atoms with Gasteiger partial charge in [-0.25, -0.2) is 13.1 Å². The molecule has 0 saturated heterocycles. The van der Waals surface area contributed by atoms with E-state index in [0.717, 1.165) is 0 Å². The molecule has 1 aromatic rings. The van der Waals surface area contributed by atoms with Gasteiger partial charge in [0.05, 0.1) is 11.0 Å². The fourth-order valence-electron chi connectivity index (χ4n) is 1.38. The Kier molecular flexibility index (Phi) is 5.59. The van der Waals surface area contributed by atoms with Crippen LogP contribution in [0.4, 0.5) is 0 Å². The second-order valence-electron chi connectivity index (χ2n) is 4.40. The lowest BCUT2D eigenvalue weighted by Gasteiger charge is -2.16. The van der Waals surface area contributed by atoms with Gasteiger partial charge in [0.25, 0.3) is 0 Å². The molecule has 1 atom stereocenters. The minimum Gasteiger partial charge on any atom is -0.391 e. The van der Waals surface area contributed by atoms with Crippen LogP contribution in [0.2, 0.25) is 0 Å². The van der Waals surface area contributed by atoms with E-state index in [4.69, 9.17) is 11.6 Å². The molecule has 0 aliphatic heterocycles. The normalized spacial score (nSPS) is 13.8. The minimum atomic E-state index is -3.63. The zero-order valence-corrected chi connectivity index (χ0v) is 12.0. The number of nitrogens with one attached hydrogen (secondary N) is 1. The second-order valence-corrected chi connectivity index (χ2v) is 6.41. The van der Waals surface area contributed by atoms with E-state index in [1.54, 1.807) is 18.2 Å². The van der Waals surface area contributed by atoms with Crippen molar-refractivity contribution in [1.82, 2.24) is 4.72 Å². The number of aliphatic hydroxyl groups excluding tert-OH is 1. The molecule has 2 N–H and O–H groups in total. The minimum absolute atomic E-state index is 0.00335. The van der Waals surface area contributed by atoms with Gasteiger partial charge >= 0.3 is 0 Å². The zero-order valence-electron chi connectivity index (χ0n) is 10.4. The average Bonchev–Trinajstić information content (AvgIpc) is 2.35. The monoisotopic (exact) mass is 291 g/mol. The van der Waals surface area contributed by atoms with Gasteiger partial charge in [-0.1, -0.05) is 32.0 Å². The third-order valence-corrected chi connectivity index (χ3v) is 4.47. The molecule has 102 valence electrons. The first-order valence-electron chi connectivity index (χ1n) is 5.70. The summed E-state index contributed by atoms with van der Waals surface area (Å²) in [5.74, 6) is 0.125. The molecule has 1 unspecified atom stereocenters. The molecule has 4 nitrogen and oxygen atoms in total. The quantitative estimate of drug-likeness (QED) is 0.784. The summed E-state index contributed by atoms with van der Waals surface area (Å²) in [4.78, 5) is 0.163. The highest BCUT2D eigenvalue weighted by molar-refractivity contribution is 7.89. The van der Waals surface area contributed by atoms with Crippen LogP contribution in [0.3, 0.4) is 0 Å². The van der Waals surface area contributed by atoms with E-state index < -0.39 is 16.1 Å². The lowest BCUT2D eigenvalue weighted by Crippen LogP contribution is -2.35. The maximum atomic E-state index is 12.1. The molecule has 0 amide bonds. The summed E-state index contributed by atoms with van der Waals surface area (Å²) in [6, 6.07) is 6.55. The number of hydrogen-bond acceptors (Lipinski definition) is 3. The van der Waals surface area contributed by atoms with Crippen molar-refractivity contribution in [1.29, 1.82) is 0 Å². The topological polar surface area (TPSA) is 66.4 Å². The first-order valence-corrected chi connectivity index (χ1v) is 7.72. The third-order valence-electron chi connectivity index (χ3n) is 2.66. The molecule has 0 aromatic heterocycles. The predicted molar refractivity (Wildman–Crippen MR) is 72.0 cm³/mol. The maximum absolute atomic E-state index is 12.1. The molecule has 0 fully saturated rings. The van der Waals surface area contributed by atoms with Crippen LogP contribution in [-0.4, -0.2) is 26.2 Å². The van der Waals surface area contributed by atoms with E-state index in [9.17, 15) is 13.5 Å². The molecule has 18 heavy (non-hydrogen) atoms. The van der Waals surface area contributed by atoms with Crippen LogP contribution in [-0.2, 0) is 15.9 Å². The van der Waals surface area contributed by atoms with E-state index in [2.05, 4.69) is 4.72 Å². The number of halogens is 1. The Balaban J connectivity index is 2.87. The molecule has 0 saturated carbocycles. The SMILES string of the molecule is CC(C)C(O)CNS(=O)(=O)c1ccccc1CCl. The van der Waals surface area contributed by atoms with E-state index in [0.29, 0.717) is 5.56 Å². The third kappa shape index (κ3) is 3.95. The van der Waals surface area contributed by atoms with Crippen LogP contribution >= 0.6 is 11.6 Å². The lowest BCUT2D eigenvalue weighted by atomic mass is 10.1. The van der Waals surface area contributed by atoms with Crippen molar-refractivity contribution in [2.24, 2.45) is 5.92 Å². The van der Waals surface area contributed by atoms with E-state index in [1.165, 1.54) is 6.07 Å². The lowest BCUT2D eigenvalue weighted by molar-refractivity contribution is 0.129. The van der Waals surface area contributed by atoms with Gasteiger partial charge in [-0.05, 0) is 17.5 Å². The summed E-state index contributed by atoms with van der Waals surface area (Å²) in [6.45, 7) is 3.65. The fraction of sp³-hybridized carbons (Fsp3) is 0.500. The Morgan fingerprint density at radius 2 is 1.94 bits per heavy atom. The highest BCUT2D eigenvalue weighted by atomic mass is 35.5. The summed E-state index contributed by atoms with van der Waals surface area (Å²) >= 11 is 5.71. The molecule has 0 bridgehead atoms. The van der Waals surface area contributed by atoms with Crippen LogP contribution in [0.15, 0.2) is 29.2 Å². The van der Waals surface area contributed by atoms with Gasteiger partial charge in [0.2, 0.25) is 10.0 Å². The largest absolute Gasteiger partial charge is 0.391 e. The molecule has 0 aliphatic rings. The van der Waals surface area contributed by atoms with Crippen LogP contribution in [0.5, 0.6) is 0 Å². The maximum Gasteiger partial charge on any atom is 0.240 e. The van der Waals surface area contributed by atoms with Crippen molar-refractivity contribution in [3.63, 3.8) is 0 Å². The van der Waals surface area contributed by atoms with E-state index in [-0.39, 0.29) is 23.2 Å². The van der Waals surface area contributed by atoms with Gasteiger partial charge in [0.15, 0.2) is 0 Å². The number of benzene rings is 1. The zero-order chi connectivity index (χ0) is 13.8. The second kappa shape index (κ2) is 6.52.